The van der Waals surface area contributed by atoms with E-state index in [1.165, 1.54) is 64.6 Å². The second-order valence-corrected chi connectivity index (χ2v) is 6.49. The van der Waals surface area contributed by atoms with Gasteiger partial charge in [0.2, 0.25) is 5.43 Å². The van der Waals surface area contributed by atoms with Gasteiger partial charge in [0, 0.05) is 24.8 Å². The molecule has 6 heteroatoms. The average Bonchev–Trinajstić information content (AvgIpc) is 2.59. The highest BCUT2D eigenvalue weighted by molar-refractivity contribution is 5.92. The Morgan fingerprint density at radius 3 is 2.96 bits per heavy atom. The van der Waals surface area contributed by atoms with Crippen LogP contribution in [-0.2, 0) is 0 Å². The first kappa shape index (κ1) is 16.1. The van der Waals surface area contributed by atoms with Gasteiger partial charge in [0.25, 0.3) is 5.91 Å². The molecule has 0 aliphatic carbocycles. The summed E-state index contributed by atoms with van der Waals surface area (Å²) in [4.78, 5) is 29.4. The monoisotopic (exact) mass is 319 g/mol. The number of hydrogen-bond acceptors (Lipinski definition) is 4. The van der Waals surface area contributed by atoms with E-state index in [1.54, 1.807) is 0 Å². The first-order valence-electron chi connectivity index (χ1n) is 8.48. The molecule has 1 aromatic heterocycles. The molecule has 2 N–H and O–H groups in total. The number of methoxy groups -OCH3 is 1. The van der Waals surface area contributed by atoms with Crippen LogP contribution in [0.25, 0.3) is 0 Å². The molecule has 0 spiro atoms. The van der Waals surface area contributed by atoms with Gasteiger partial charge in [-0.15, -0.1) is 0 Å². The number of piperidine rings is 2. The number of H-pyrrole nitrogens is 1. The Hall–Kier alpha value is -1.82. The molecule has 3 heterocycles. The van der Waals surface area contributed by atoms with Crippen molar-refractivity contribution in [2.45, 2.75) is 38.1 Å². The lowest BCUT2D eigenvalue weighted by molar-refractivity contribution is 0.0575. The predicted molar refractivity (Wildman–Crippen MR) is 87.9 cm³/mol. The number of amides is 1. The number of nitrogens with one attached hydrogen (secondary N) is 2. The van der Waals surface area contributed by atoms with E-state index < -0.39 is 0 Å². The number of fused-ring (bicyclic) bond motifs is 1. The SMILES string of the molecule is COc1c[nH]c(C(=O)NC[C@@H]2CCCN3CCCC[C@H]23)cc1=O. The number of hydrogen-bond donors (Lipinski definition) is 2. The van der Waals surface area contributed by atoms with Crippen molar-refractivity contribution in [3.63, 3.8) is 0 Å². The molecule has 1 aromatic rings. The maximum absolute atomic E-state index is 12.3. The van der Waals surface area contributed by atoms with Crippen molar-refractivity contribution in [3.05, 3.63) is 28.2 Å². The highest BCUT2D eigenvalue weighted by Gasteiger charge is 2.32. The highest BCUT2D eigenvalue weighted by atomic mass is 16.5. The van der Waals surface area contributed by atoms with E-state index in [-0.39, 0.29) is 22.8 Å². The van der Waals surface area contributed by atoms with Crippen molar-refractivity contribution < 1.29 is 9.53 Å². The van der Waals surface area contributed by atoms with Crippen LogP contribution in [-0.4, -0.2) is 48.6 Å². The maximum atomic E-state index is 12.3. The molecule has 0 aromatic carbocycles. The number of carbonyl (C=O) groups is 1. The Kier molecular flexibility index (Phi) is 5.00. The average molecular weight is 319 g/mol. The minimum atomic E-state index is -0.285. The summed E-state index contributed by atoms with van der Waals surface area (Å²) in [7, 11) is 1.43. The topological polar surface area (TPSA) is 74.4 Å². The summed E-state index contributed by atoms with van der Waals surface area (Å²) in [5.74, 6) is 0.502. The van der Waals surface area contributed by atoms with Gasteiger partial charge in [0.1, 0.15) is 5.69 Å². The second-order valence-electron chi connectivity index (χ2n) is 6.49. The van der Waals surface area contributed by atoms with Gasteiger partial charge >= 0.3 is 0 Å². The summed E-state index contributed by atoms with van der Waals surface area (Å²) in [6.45, 7) is 3.07. The van der Waals surface area contributed by atoms with Crippen molar-refractivity contribution in [3.8, 4) is 5.75 Å². The van der Waals surface area contributed by atoms with E-state index in [4.69, 9.17) is 4.74 Å². The summed E-state index contributed by atoms with van der Waals surface area (Å²) in [6, 6.07) is 1.90. The normalized spacial score (nSPS) is 24.7. The first-order valence-corrected chi connectivity index (χ1v) is 8.48. The van der Waals surface area contributed by atoms with Gasteiger partial charge < -0.3 is 19.9 Å². The summed E-state index contributed by atoms with van der Waals surface area (Å²) < 4.78 is 4.91. The number of pyridine rings is 1. The van der Waals surface area contributed by atoms with Crippen molar-refractivity contribution in [2.75, 3.05) is 26.7 Å². The fourth-order valence-corrected chi connectivity index (χ4v) is 3.88. The molecule has 2 saturated heterocycles. The molecule has 126 valence electrons. The van der Waals surface area contributed by atoms with E-state index in [1.807, 2.05) is 0 Å². The molecular weight excluding hydrogens is 294 g/mol. The van der Waals surface area contributed by atoms with Crippen LogP contribution in [0.3, 0.4) is 0 Å². The van der Waals surface area contributed by atoms with E-state index in [0.717, 1.165) is 0 Å². The number of rotatable bonds is 4. The Morgan fingerprint density at radius 2 is 2.17 bits per heavy atom. The quantitative estimate of drug-likeness (QED) is 0.879. The Balaban J connectivity index is 1.60. The molecule has 2 atom stereocenters. The van der Waals surface area contributed by atoms with Crippen LogP contribution in [0.4, 0.5) is 0 Å². The van der Waals surface area contributed by atoms with Crippen LogP contribution < -0.4 is 15.5 Å². The lowest BCUT2D eigenvalue weighted by Gasteiger charge is -2.44. The van der Waals surface area contributed by atoms with E-state index in [2.05, 4.69) is 15.2 Å². The van der Waals surface area contributed by atoms with E-state index >= 15 is 0 Å². The molecule has 0 unspecified atom stereocenters. The lowest BCUT2D eigenvalue weighted by Crippen LogP contribution is -2.51. The molecule has 3 rings (SSSR count). The van der Waals surface area contributed by atoms with E-state index in [0.29, 0.717) is 18.5 Å². The Bertz CT molecular complexity index is 611. The molecule has 1 amide bonds. The van der Waals surface area contributed by atoms with Crippen molar-refractivity contribution >= 4 is 5.91 Å². The number of aromatic amines is 1. The largest absolute Gasteiger partial charge is 0.491 e. The van der Waals surface area contributed by atoms with Gasteiger partial charge in [0.15, 0.2) is 5.75 Å². The first-order chi connectivity index (χ1) is 11.2. The van der Waals surface area contributed by atoms with Crippen molar-refractivity contribution in [1.29, 1.82) is 0 Å². The summed E-state index contributed by atoms with van der Waals surface area (Å²) >= 11 is 0. The highest BCUT2D eigenvalue weighted by Crippen LogP contribution is 2.30. The molecule has 6 nitrogen and oxygen atoms in total. The lowest BCUT2D eigenvalue weighted by atomic mass is 9.83. The Labute approximate surface area is 136 Å². The number of ether oxygens (including phenoxy) is 1. The van der Waals surface area contributed by atoms with Gasteiger partial charge in [-0.2, -0.15) is 0 Å². The van der Waals surface area contributed by atoms with Crippen molar-refractivity contribution in [1.82, 2.24) is 15.2 Å². The molecule has 0 radical (unpaired) electrons. The molecule has 0 bridgehead atoms. The fraction of sp³-hybridized carbons (Fsp3) is 0.647. The zero-order chi connectivity index (χ0) is 16.2. The molecule has 2 aliphatic heterocycles. The zero-order valence-electron chi connectivity index (χ0n) is 13.6. The van der Waals surface area contributed by atoms with Crippen LogP contribution >= 0.6 is 0 Å². The van der Waals surface area contributed by atoms with Gasteiger partial charge in [-0.05, 0) is 44.7 Å². The standard InChI is InChI=1S/C17H25N3O3/c1-23-16-11-18-13(9-15(16)21)17(22)19-10-12-5-4-8-20-7-3-2-6-14(12)20/h9,11-12,14H,2-8,10H2,1H3,(H,18,21)(H,19,22)/t12-,14+/m0/s1. The third-order valence-electron chi connectivity index (χ3n) is 5.10. The van der Waals surface area contributed by atoms with Crippen LogP contribution in [0.5, 0.6) is 5.75 Å². The minimum Gasteiger partial charge on any atom is -0.491 e. The fourth-order valence-electron chi connectivity index (χ4n) is 3.88. The van der Waals surface area contributed by atoms with Crippen LogP contribution in [0.2, 0.25) is 0 Å². The molecular formula is C17H25N3O3. The maximum Gasteiger partial charge on any atom is 0.267 e. The van der Waals surface area contributed by atoms with Gasteiger partial charge in [0.05, 0.1) is 7.11 Å². The summed E-state index contributed by atoms with van der Waals surface area (Å²) in [6.07, 6.45) is 7.62. The summed E-state index contributed by atoms with van der Waals surface area (Å²) in [5, 5.41) is 2.99. The molecule has 2 aliphatic rings. The summed E-state index contributed by atoms with van der Waals surface area (Å²) in [5.41, 5.74) is -0.000341. The third kappa shape index (κ3) is 3.58. The minimum absolute atomic E-state index is 0.215. The molecule has 23 heavy (non-hydrogen) atoms. The smallest absolute Gasteiger partial charge is 0.267 e. The molecule has 2 fully saturated rings. The van der Waals surface area contributed by atoms with Gasteiger partial charge in [-0.1, -0.05) is 6.42 Å². The molecule has 0 saturated carbocycles. The van der Waals surface area contributed by atoms with Crippen molar-refractivity contribution in [2.24, 2.45) is 5.92 Å². The zero-order valence-corrected chi connectivity index (χ0v) is 13.6. The van der Waals surface area contributed by atoms with Crippen LogP contribution in [0, 0.1) is 5.92 Å². The Morgan fingerprint density at radius 1 is 1.35 bits per heavy atom. The van der Waals surface area contributed by atoms with Gasteiger partial charge in [-0.3, -0.25) is 9.59 Å². The van der Waals surface area contributed by atoms with E-state index in [9.17, 15) is 9.59 Å². The third-order valence-corrected chi connectivity index (χ3v) is 5.10. The van der Waals surface area contributed by atoms with Gasteiger partial charge in [-0.25, -0.2) is 0 Å². The van der Waals surface area contributed by atoms with Crippen LogP contribution in [0.15, 0.2) is 17.1 Å². The van der Waals surface area contributed by atoms with Crippen LogP contribution in [0.1, 0.15) is 42.6 Å². The predicted octanol–water partition coefficient (Wildman–Crippen LogP) is 1.38. The number of nitrogens with zero attached hydrogens (tertiary/aromatic N) is 1. The number of aromatic nitrogens is 1. The second kappa shape index (κ2) is 7.17. The number of carbonyl (C=O) groups excluding carboxylic acids is 1.